The molecule has 0 saturated heterocycles. The molecule has 0 aromatic heterocycles. The molecule has 12 rings (SSSR count). The van der Waals surface area contributed by atoms with E-state index in [2.05, 4.69) is 216 Å². The van der Waals surface area contributed by atoms with Crippen molar-refractivity contribution >= 4 is 80.6 Å². The molecule has 0 aliphatic carbocycles. The molecule has 10 aromatic rings. The third-order valence-electron chi connectivity index (χ3n) is 14.5. The minimum Gasteiger partial charge on any atom is -0.311 e. The maximum atomic E-state index is 14.5. The largest absolute Gasteiger partial charge is 0.311 e. The zero-order valence-electron chi connectivity index (χ0n) is 43.3. The van der Waals surface area contributed by atoms with Crippen LogP contribution in [-0.4, -0.2) is 35.7 Å². The van der Waals surface area contributed by atoms with E-state index in [1.54, 1.807) is 23.9 Å². The van der Waals surface area contributed by atoms with Crippen LogP contribution < -0.4 is 9.80 Å². The van der Waals surface area contributed by atoms with Gasteiger partial charge in [-0.25, -0.2) is 0 Å². The average molecular weight is 1010 g/mol. The fourth-order valence-corrected chi connectivity index (χ4v) is 10.7. The smallest absolute Gasteiger partial charge is 0.261 e. The summed E-state index contributed by atoms with van der Waals surface area (Å²) in [6.07, 6.45) is 4.48. The number of para-hydroxylation sites is 2. The van der Waals surface area contributed by atoms with Gasteiger partial charge in [0.25, 0.3) is 11.8 Å². The lowest BCUT2D eigenvalue weighted by molar-refractivity contribution is -0.123. The summed E-state index contributed by atoms with van der Waals surface area (Å²) < 4.78 is 0. The number of fused-ring (bicyclic) bond motifs is 1. The van der Waals surface area contributed by atoms with Gasteiger partial charge < -0.3 is 19.6 Å². The summed E-state index contributed by atoms with van der Waals surface area (Å²) in [5, 5.41) is 0. The number of amides is 2. The highest BCUT2D eigenvalue weighted by atomic mass is 16.2. The van der Waals surface area contributed by atoms with Gasteiger partial charge in [0.2, 0.25) is 0 Å². The summed E-state index contributed by atoms with van der Waals surface area (Å²) in [5.41, 5.74) is 18.5. The summed E-state index contributed by atoms with van der Waals surface area (Å²) in [6.45, 7) is 0. The molecule has 0 fully saturated rings. The topological polar surface area (TPSA) is 47.1 Å². The Kier molecular flexibility index (Phi) is 13.4. The average Bonchev–Trinajstić information content (AvgIpc) is 4.17. The monoisotopic (exact) mass is 1010 g/mol. The van der Waals surface area contributed by atoms with Crippen LogP contribution in [0.1, 0.15) is 44.5 Å². The summed E-state index contributed by atoms with van der Waals surface area (Å²) in [7, 11) is 3.52. The van der Waals surface area contributed by atoms with Gasteiger partial charge >= 0.3 is 0 Å². The van der Waals surface area contributed by atoms with E-state index in [4.69, 9.17) is 0 Å². The van der Waals surface area contributed by atoms with E-state index in [9.17, 15) is 9.59 Å². The molecule has 374 valence electrons. The molecule has 0 bridgehead atoms. The Labute approximate surface area is 456 Å². The van der Waals surface area contributed by atoms with E-state index in [1.165, 1.54) is 0 Å². The molecular weight excluding hydrogens is 953 g/mol. The quantitative estimate of drug-likeness (QED) is 0.102. The van der Waals surface area contributed by atoms with Gasteiger partial charge in [0.1, 0.15) is 0 Å². The Morgan fingerprint density at radius 2 is 0.526 bits per heavy atom. The van der Waals surface area contributed by atoms with Crippen LogP contribution in [0.3, 0.4) is 0 Å². The maximum Gasteiger partial charge on any atom is 0.261 e. The zero-order valence-corrected chi connectivity index (χ0v) is 43.3. The summed E-state index contributed by atoms with van der Waals surface area (Å²) >= 11 is 0. The van der Waals surface area contributed by atoms with Crippen LogP contribution in [0.25, 0.3) is 34.7 Å². The second-order valence-corrected chi connectivity index (χ2v) is 19.4. The normalized spacial score (nSPS) is 12.9. The highest BCUT2D eigenvalue weighted by molar-refractivity contribution is 6.30. The lowest BCUT2D eigenvalue weighted by atomic mass is 9.95. The van der Waals surface area contributed by atoms with Gasteiger partial charge in [-0.2, -0.15) is 0 Å². The van der Waals surface area contributed by atoms with Crippen LogP contribution >= 0.6 is 0 Å². The Morgan fingerprint density at radius 3 is 0.795 bits per heavy atom. The van der Waals surface area contributed by atoms with Crippen molar-refractivity contribution in [3.8, 4) is 0 Å². The van der Waals surface area contributed by atoms with Crippen molar-refractivity contribution in [3.05, 3.63) is 335 Å². The summed E-state index contributed by atoms with van der Waals surface area (Å²) in [4.78, 5) is 36.6. The first-order valence-corrected chi connectivity index (χ1v) is 26.2. The molecule has 0 N–H and O–H groups in total. The van der Waals surface area contributed by atoms with Crippen LogP contribution in [0.4, 0.5) is 34.1 Å². The fourth-order valence-electron chi connectivity index (χ4n) is 10.7. The standard InChI is InChI=1S/C72H54N4O2/c1-73-69(57-37-45-63(46-38-57)75(59-29-17-7-18-30-59)61-41-33-51(34-42-61)49-65(53-21-9-3-10-22-53)54-23-11-4-12-24-54)67-68(71(73)77)70(74(2)72(67)78)58-39-47-64(48-40-58)76(60-31-19-8-20-32-60)62-43-35-52(36-44-62)50-66(55-25-13-5-14-26-55)56-27-15-6-16-28-56/h3-50H,1-2H3. The number of nitrogens with zero attached hydrogens (tertiary/aromatic N) is 4. The van der Waals surface area contributed by atoms with E-state index in [0.717, 1.165) is 89.8 Å². The molecule has 2 aliphatic rings. The van der Waals surface area contributed by atoms with Crippen molar-refractivity contribution in [3.63, 3.8) is 0 Å². The van der Waals surface area contributed by atoms with Gasteiger partial charge in [-0.1, -0.05) is 206 Å². The molecule has 6 heteroatoms. The second-order valence-electron chi connectivity index (χ2n) is 19.4. The number of anilines is 6. The van der Waals surface area contributed by atoms with Gasteiger partial charge in [0.05, 0.1) is 22.5 Å². The van der Waals surface area contributed by atoms with Crippen LogP contribution in [0.15, 0.2) is 290 Å². The lowest BCUT2D eigenvalue weighted by Crippen LogP contribution is -2.25. The van der Waals surface area contributed by atoms with Crippen molar-refractivity contribution < 1.29 is 9.59 Å². The molecule has 0 radical (unpaired) electrons. The zero-order chi connectivity index (χ0) is 53.0. The van der Waals surface area contributed by atoms with E-state index < -0.39 is 0 Å². The predicted octanol–water partition coefficient (Wildman–Crippen LogP) is 16.9. The van der Waals surface area contributed by atoms with E-state index >= 15 is 0 Å². The third kappa shape index (κ3) is 9.55. The van der Waals surface area contributed by atoms with Crippen LogP contribution in [-0.2, 0) is 9.59 Å². The minimum atomic E-state index is -0.216. The van der Waals surface area contributed by atoms with Gasteiger partial charge in [-0.05, 0) is 141 Å². The summed E-state index contributed by atoms with van der Waals surface area (Å²) in [5.74, 6) is -0.433. The molecule has 0 atom stereocenters. The van der Waals surface area contributed by atoms with Crippen molar-refractivity contribution in [1.29, 1.82) is 0 Å². The van der Waals surface area contributed by atoms with E-state index in [1.807, 2.05) is 84.9 Å². The SMILES string of the molecule is CN1C(=O)C2=C(c3ccc(N(c4ccccc4)c4ccc(C=C(c5ccccc5)c5ccccc5)cc4)cc3)N(C)C(=O)C2=C1c1ccc(N(c2ccccc2)c2ccc(C=C(c3ccccc3)c3ccccc3)cc2)cc1. The second kappa shape index (κ2) is 21.5. The van der Waals surface area contributed by atoms with E-state index in [-0.39, 0.29) is 11.8 Å². The Balaban J connectivity index is 0.848. The van der Waals surface area contributed by atoms with Crippen molar-refractivity contribution in [2.45, 2.75) is 0 Å². The lowest BCUT2D eigenvalue weighted by Gasteiger charge is -2.26. The first-order chi connectivity index (χ1) is 38.4. The number of benzene rings is 10. The number of hydrogen-bond acceptors (Lipinski definition) is 4. The molecule has 2 aliphatic heterocycles. The molecule has 78 heavy (non-hydrogen) atoms. The van der Waals surface area contributed by atoms with Crippen molar-refractivity contribution in [1.82, 2.24) is 9.80 Å². The first-order valence-electron chi connectivity index (χ1n) is 26.2. The van der Waals surface area contributed by atoms with E-state index in [0.29, 0.717) is 22.5 Å². The molecule has 0 unspecified atom stereocenters. The highest BCUT2D eigenvalue weighted by Gasteiger charge is 2.46. The van der Waals surface area contributed by atoms with Gasteiger partial charge in [0, 0.05) is 48.2 Å². The van der Waals surface area contributed by atoms with Crippen LogP contribution in [0.5, 0.6) is 0 Å². The summed E-state index contributed by atoms with van der Waals surface area (Å²) in [6, 6.07) is 96.0. The molecular formula is C72H54N4O2. The number of likely N-dealkylation sites (N-methyl/N-ethyl adjacent to an activating group) is 2. The Hall–Kier alpha value is -10.3. The molecule has 0 spiro atoms. The van der Waals surface area contributed by atoms with Gasteiger partial charge in [-0.15, -0.1) is 0 Å². The molecule has 6 nitrogen and oxygen atoms in total. The molecule has 10 aromatic carbocycles. The van der Waals surface area contributed by atoms with Crippen LogP contribution in [0.2, 0.25) is 0 Å². The minimum absolute atomic E-state index is 0.216. The Bertz CT molecular complexity index is 3550. The van der Waals surface area contributed by atoms with Crippen LogP contribution in [0, 0.1) is 0 Å². The maximum absolute atomic E-state index is 14.5. The molecule has 2 amide bonds. The number of hydrogen-bond donors (Lipinski definition) is 0. The first kappa shape index (κ1) is 48.6. The fraction of sp³-hybridized carbons (Fsp3) is 0.0278. The molecule has 2 heterocycles. The molecule has 0 saturated carbocycles. The third-order valence-corrected chi connectivity index (χ3v) is 14.5. The number of carbonyl (C=O) groups is 2. The van der Waals surface area contributed by atoms with Crippen molar-refractivity contribution in [2.75, 3.05) is 23.9 Å². The number of rotatable bonds is 14. The number of carbonyl (C=O) groups excluding carboxylic acids is 2. The Morgan fingerprint density at radius 1 is 0.295 bits per heavy atom. The predicted molar refractivity (Wildman–Crippen MR) is 321 cm³/mol. The van der Waals surface area contributed by atoms with Gasteiger partial charge in [-0.3, -0.25) is 9.59 Å². The highest BCUT2D eigenvalue weighted by Crippen LogP contribution is 2.47. The van der Waals surface area contributed by atoms with Crippen molar-refractivity contribution in [2.24, 2.45) is 0 Å². The van der Waals surface area contributed by atoms with Gasteiger partial charge in [0.15, 0.2) is 0 Å².